The van der Waals surface area contributed by atoms with Crippen LogP contribution >= 0.6 is 11.6 Å². The van der Waals surface area contributed by atoms with Crippen molar-refractivity contribution in [2.24, 2.45) is 0 Å². The summed E-state index contributed by atoms with van der Waals surface area (Å²) < 4.78 is 18.9. The minimum absolute atomic E-state index is 0.138. The highest BCUT2D eigenvalue weighted by atomic mass is 35.5. The first-order chi connectivity index (χ1) is 10.5. The molecule has 114 valence electrons. The lowest BCUT2D eigenvalue weighted by Gasteiger charge is -2.27. The van der Waals surface area contributed by atoms with Gasteiger partial charge in [-0.1, -0.05) is 11.6 Å². The summed E-state index contributed by atoms with van der Waals surface area (Å²) in [5, 5.41) is 13.9. The molecule has 1 N–H and O–H groups in total. The van der Waals surface area contributed by atoms with Gasteiger partial charge in [-0.25, -0.2) is 9.37 Å². The minimum atomic E-state index is -0.568. The van der Waals surface area contributed by atoms with Crippen molar-refractivity contribution in [1.29, 1.82) is 0 Å². The number of ether oxygens (including phenoxy) is 1. The molecule has 2 heterocycles. The van der Waals surface area contributed by atoms with Crippen molar-refractivity contribution in [3.63, 3.8) is 0 Å². The van der Waals surface area contributed by atoms with Gasteiger partial charge in [-0.15, -0.1) is 0 Å². The van der Waals surface area contributed by atoms with Gasteiger partial charge in [0, 0.05) is 18.1 Å². The van der Waals surface area contributed by atoms with Crippen LogP contribution in [-0.2, 0) is 0 Å². The summed E-state index contributed by atoms with van der Waals surface area (Å²) >= 11 is 6.02. The van der Waals surface area contributed by atoms with Crippen LogP contribution in [0.15, 0.2) is 30.5 Å². The van der Waals surface area contributed by atoms with Gasteiger partial charge in [0.05, 0.1) is 22.6 Å². The van der Waals surface area contributed by atoms with E-state index in [9.17, 15) is 14.5 Å². The minimum Gasteiger partial charge on any atom is -0.493 e. The molecule has 1 aromatic carbocycles. The van der Waals surface area contributed by atoms with Crippen molar-refractivity contribution in [3.05, 3.63) is 57.0 Å². The van der Waals surface area contributed by atoms with Crippen LogP contribution in [0.2, 0.25) is 5.02 Å². The number of hydrogen-bond donors (Lipinski definition) is 1. The molecule has 8 heteroatoms. The highest BCUT2D eigenvalue weighted by Gasteiger charge is 2.23. The molecule has 0 radical (unpaired) electrons. The summed E-state index contributed by atoms with van der Waals surface area (Å²) in [6.45, 7) is 0.473. The fourth-order valence-electron chi connectivity index (χ4n) is 2.31. The zero-order valence-electron chi connectivity index (χ0n) is 11.3. The van der Waals surface area contributed by atoms with Gasteiger partial charge in [0.25, 0.3) is 5.69 Å². The highest BCUT2D eigenvalue weighted by molar-refractivity contribution is 6.33. The molecule has 22 heavy (non-hydrogen) atoms. The molecule has 1 atom stereocenters. The summed E-state index contributed by atoms with van der Waals surface area (Å²) in [7, 11) is 0. The van der Waals surface area contributed by atoms with E-state index in [0.717, 1.165) is 6.20 Å². The monoisotopic (exact) mass is 323 g/mol. The fraction of sp³-hybridized carbons (Fsp3) is 0.214. The maximum atomic E-state index is 13.4. The summed E-state index contributed by atoms with van der Waals surface area (Å²) in [6.07, 6.45) is 1.73. The third-order valence-electron chi connectivity index (χ3n) is 3.36. The predicted molar refractivity (Wildman–Crippen MR) is 78.8 cm³/mol. The maximum absolute atomic E-state index is 13.4. The first-order valence-electron chi connectivity index (χ1n) is 6.53. The second-order valence-electron chi connectivity index (χ2n) is 4.80. The van der Waals surface area contributed by atoms with E-state index in [1.54, 1.807) is 6.07 Å². The van der Waals surface area contributed by atoms with Crippen molar-refractivity contribution < 1.29 is 14.1 Å². The Morgan fingerprint density at radius 3 is 3.00 bits per heavy atom. The van der Waals surface area contributed by atoms with Gasteiger partial charge < -0.3 is 10.1 Å². The molecule has 1 aromatic heterocycles. The van der Waals surface area contributed by atoms with Crippen LogP contribution in [0.4, 0.5) is 15.9 Å². The van der Waals surface area contributed by atoms with Gasteiger partial charge in [0.1, 0.15) is 23.6 Å². The highest BCUT2D eigenvalue weighted by Crippen LogP contribution is 2.36. The van der Waals surface area contributed by atoms with Crippen LogP contribution in [0.3, 0.4) is 0 Å². The first-order valence-corrected chi connectivity index (χ1v) is 6.91. The van der Waals surface area contributed by atoms with E-state index in [1.165, 1.54) is 18.2 Å². The Morgan fingerprint density at radius 1 is 1.45 bits per heavy atom. The Labute approximate surface area is 130 Å². The predicted octanol–water partition coefficient (Wildman–Crippen LogP) is 3.72. The van der Waals surface area contributed by atoms with E-state index < -0.39 is 4.92 Å². The van der Waals surface area contributed by atoms with E-state index in [4.69, 9.17) is 16.3 Å². The Hall–Kier alpha value is -2.41. The maximum Gasteiger partial charge on any atom is 0.289 e. The molecule has 1 aliphatic heterocycles. The SMILES string of the molecule is O=[N+]([O-])c1cnc(NC2CCOc3ccc(F)cc32)c(Cl)c1. The summed E-state index contributed by atoms with van der Waals surface area (Å²) in [4.78, 5) is 14.1. The van der Waals surface area contributed by atoms with Crippen molar-refractivity contribution in [2.75, 3.05) is 11.9 Å². The standard InChI is InChI=1S/C14H11ClFN3O3/c15-11-6-9(19(20)21)7-17-14(11)18-12-3-4-22-13-2-1-8(16)5-10(12)13/h1-2,5-7,12H,3-4H2,(H,17,18). The molecule has 0 fully saturated rings. The third-order valence-corrected chi connectivity index (χ3v) is 3.65. The number of fused-ring (bicyclic) bond motifs is 1. The molecule has 2 aromatic rings. The van der Waals surface area contributed by atoms with Gasteiger partial charge in [-0.2, -0.15) is 0 Å². The quantitative estimate of drug-likeness (QED) is 0.688. The van der Waals surface area contributed by atoms with E-state index >= 15 is 0 Å². The fourth-order valence-corrected chi connectivity index (χ4v) is 2.53. The van der Waals surface area contributed by atoms with Gasteiger partial charge in [0.2, 0.25) is 0 Å². The Bertz CT molecular complexity index is 741. The molecule has 0 saturated heterocycles. The molecule has 0 amide bonds. The first kappa shape index (κ1) is 14.5. The van der Waals surface area contributed by atoms with Gasteiger partial charge in [-0.05, 0) is 18.2 Å². The lowest BCUT2D eigenvalue weighted by atomic mass is 10.0. The number of halogens is 2. The summed E-state index contributed by atoms with van der Waals surface area (Å²) in [6, 6.07) is 5.29. The van der Waals surface area contributed by atoms with Crippen LogP contribution in [0.25, 0.3) is 0 Å². The number of rotatable bonds is 3. The van der Waals surface area contributed by atoms with E-state index in [0.29, 0.717) is 30.2 Å². The van der Waals surface area contributed by atoms with Crippen molar-refractivity contribution in [3.8, 4) is 5.75 Å². The Balaban J connectivity index is 1.89. The van der Waals surface area contributed by atoms with Crippen molar-refractivity contribution in [1.82, 2.24) is 4.98 Å². The lowest BCUT2D eigenvalue weighted by molar-refractivity contribution is -0.385. The molecule has 0 bridgehead atoms. The Kier molecular flexibility index (Phi) is 3.81. The number of hydrogen-bond acceptors (Lipinski definition) is 5. The van der Waals surface area contributed by atoms with Gasteiger partial charge in [0.15, 0.2) is 0 Å². The van der Waals surface area contributed by atoms with Crippen LogP contribution in [0, 0.1) is 15.9 Å². The Morgan fingerprint density at radius 2 is 2.27 bits per heavy atom. The van der Waals surface area contributed by atoms with Crippen molar-refractivity contribution >= 4 is 23.1 Å². The largest absolute Gasteiger partial charge is 0.493 e. The molecular formula is C14H11ClFN3O3. The second-order valence-corrected chi connectivity index (χ2v) is 5.20. The molecule has 6 nitrogen and oxygen atoms in total. The number of nitrogens with one attached hydrogen (secondary N) is 1. The molecule has 1 unspecified atom stereocenters. The summed E-state index contributed by atoms with van der Waals surface area (Å²) in [5.74, 6) is 0.552. The number of aromatic nitrogens is 1. The molecule has 0 aliphatic carbocycles. The molecule has 0 saturated carbocycles. The molecular weight excluding hydrogens is 313 g/mol. The number of nitrogens with zero attached hydrogens (tertiary/aromatic N) is 2. The van der Waals surface area contributed by atoms with Gasteiger partial charge in [-0.3, -0.25) is 10.1 Å². The number of benzene rings is 1. The average molecular weight is 324 g/mol. The summed E-state index contributed by atoms with van der Waals surface area (Å²) in [5.41, 5.74) is 0.483. The lowest BCUT2D eigenvalue weighted by Crippen LogP contribution is -2.21. The zero-order chi connectivity index (χ0) is 15.7. The van der Waals surface area contributed by atoms with Crippen LogP contribution in [0.5, 0.6) is 5.75 Å². The van der Waals surface area contributed by atoms with Crippen molar-refractivity contribution in [2.45, 2.75) is 12.5 Å². The topological polar surface area (TPSA) is 77.3 Å². The molecule has 3 rings (SSSR count). The van der Waals surface area contributed by atoms with Crippen LogP contribution in [0.1, 0.15) is 18.0 Å². The third kappa shape index (κ3) is 2.80. The van der Waals surface area contributed by atoms with E-state index in [1.807, 2.05) is 0 Å². The average Bonchev–Trinajstić information content (AvgIpc) is 2.49. The van der Waals surface area contributed by atoms with E-state index in [-0.39, 0.29) is 22.6 Å². The van der Waals surface area contributed by atoms with Crippen LogP contribution in [-0.4, -0.2) is 16.5 Å². The van der Waals surface area contributed by atoms with Gasteiger partial charge >= 0.3 is 0 Å². The van der Waals surface area contributed by atoms with E-state index in [2.05, 4.69) is 10.3 Å². The van der Waals surface area contributed by atoms with Crippen LogP contribution < -0.4 is 10.1 Å². The normalized spacial score (nSPS) is 16.5. The number of pyridine rings is 1. The second kappa shape index (κ2) is 5.76. The molecule has 0 spiro atoms. The smallest absolute Gasteiger partial charge is 0.289 e. The number of nitro groups is 1. The number of anilines is 1. The zero-order valence-corrected chi connectivity index (χ0v) is 12.0. The molecule has 1 aliphatic rings.